The number of hydrogen-bond acceptors (Lipinski definition) is 4. The summed E-state index contributed by atoms with van der Waals surface area (Å²) < 4.78 is 43.7. The Bertz CT molecular complexity index is 506. The van der Waals surface area contributed by atoms with Gasteiger partial charge in [0.25, 0.3) is 0 Å². The maximum Gasteiger partial charge on any atom is 0.401 e. The van der Waals surface area contributed by atoms with Crippen molar-refractivity contribution < 1.29 is 17.9 Å². The molecule has 0 aromatic rings. The van der Waals surface area contributed by atoms with Crippen molar-refractivity contribution >= 4 is 5.96 Å². The predicted octanol–water partition coefficient (Wildman–Crippen LogP) is 1.88. The van der Waals surface area contributed by atoms with Crippen LogP contribution in [-0.4, -0.2) is 106 Å². The second kappa shape index (κ2) is 10.1. The minimum absolute atomic E-state index is 0.0407. The maximum atomic E-state index is 12.7. The highest BCUT2D eigenvalue weighted by Crippen LogP contribution is 2.26. The number of nitrogens with one attached hydrogen (secondary N) is 1. The molecule has 1 N–H and O–H groups in total. The molecule has 0 aliphatic carbocycles. The fraction of sp³-hybridized carbons (Fsp3) is 0.947. The zero-order valence-electron chi connectivity index (χ0n) is 17.7. The first-order valence-corrected chi connectivity index (χ1v) is 10.2. The van der Waals surface area contributed by atoms with Crippen LogP contribution in [0.15, 0.2) is 4.99 Å². The molecule has 0 amide bonds. The number of ether oxygens (including phenoxy) is 1. The van der Waals surface area contributed by atoms with E-state index < -0.39 is 12.7 Å². The van der Waals surface area contributed by atoms with Gasteiger partial charge in [0.15, 0.2) is 5.96 Å². The molecule has 6 nitrogen and oxygen atoms in total. The lowest BCUT2D eigenvalue weighted by Gasteiger charge is -2.43. The highest BCUT2D eigenvalue weighted by molar-refractivity contribution is 5.80. The number of likely N-dealkylation sites (tertiary alicyclic amines) is 1. The van der Waals surface area contributed by atoms with Crippen molar-refractivity contribution in [1.82, 2.24) is 20.0 Å². The number of likely N-dealkylation sites (N-methyl/N-ethyl adjacent to an activating group) is 1. The molecule has 2 saturated heterocycles. The number of aliphatic imine (C=N–C) groups is 1. The summed E-state index contributed by atoms with van der Waals surface area (Å²) in [4.78, 5) is 10.4. The fourth-order valence-corrected chi connectivity index (χ4v) is 4.21. The van der Waals surface area contributed by atoms with Crippen molar-refractivity contribution in [3.05, 3.63) is 0 Å². The molecule has 0 bridgehead atoms. The smallest absolute Gasteiger partial charge is 0.381 e. The first kappa shape index (κ1) is 23.2. The van der Waals surface area contributed by atoms with Gasteiger partial charge >= 0.3 is 6.18 Å². The Balaban J connectivity index is 1.88. The van der Waals surface area contributed by atoms with E-state index >= 15 is 0 Å². The van der Waals surface area contributed by atoms with Crippen molar-refractivity contribution in [2.45, 2.75) is 37.9 Å². The normalized spacial score (nSPS) is 23.7. The van der Waals surface area contributed by atoms with Crippen molar-refractivity contribution in [2.24, 2.45) is 10.9 Å². The summed E-state index contributed by atoms with van der Waals surface area (Å²) in [5, 5.41) is 3.51. The molecule has 2 aliphatic heterocycles. The summed E-state index contributed by atoms with van der Waals surface area (Å²) in [6, 6.07) is 0. The summed E-state index contributed by atoms with van der Waals surface area (Å²) in [5.41, 5.74) is 0.0407. The van der Waals surface area contributed by atoms with Crippen LogP contribution in [0, 0.1) is 5.92 Å². The summed E-state index contributed by atoms with van der Waals surface area (Å²) in [7, 11) is 5.97. The van der Waals surface area contributed by atoms with Crippen molar-refractivity contribution in [1.29, 1.82) is 0 Å². The average Bonchev–Trinajstić information content (AvgIpc) is 3.09. The van der Waals surface area contributed by atoms with E-state index in [0.29, 0.717) is 13.1 Å². The Morgan fingerprint density at radius 3 is 2.50 bits per heavy atom. The first-order valence-electron chi connectivity index (χ1n) is 10.2. The van der Waals surface area contributed by atoms with Gasteiger partial charge in [-0.05, 0) is 45.8 Å². The maximum absolute atomic E-state index is 12.7. The number of rotatable bonds is 7. The number of alkyl halides is 3. The van der Waals surface area contributed by atoms with Crippen LogP contribution in [0.3, 0.4) is 0 Å². The van der Waals surface area contributed by atoms with Crippen LogP contribution < -0.4 is 5.32 Å². The topological polar surface area (TPSA) is 43.3 Å². The number of guanidine groups is 1. The Morgan fingerprint density at radius 2 is 1.96 bits per heavy atom. The number of halogens is 3. The van der Waals surface area contributed by atoms with Gasteiger partial charge in [-0.1, -0.05) is 6.92 Å². The largest absolute Gasteiger partial charge is 0.401 e. The lowest BCUT2D eigenvalue weighted by molar-refractivity contribution is -0.146. The Labute approximate surface area is 167 Å². The summed E-state index contributed by atoms with van der Waals surface area (Å²) in [6.07, 6.45) is -1.32. The molecule has 1 atom stereocenters. The van der Waals surface area contributed by atoms with Crippen molar-refractivity contribution in [2.75, 3.05) is 73.6 Å². The van der Waals surface area contributed by atoms with Crippen LogP contribution in [0.2, 0.25) is 0 Å². The van der Waals surface area contributed by atoms with E-state index in [1.807, 2.05) is 0 Å². The lowest BCUT2D eigenvalue weighted by Crippen LogP contribution is -2.57. The summed E-state index contributed by atoms with van der Waals surface area (Å²) in [5.74, 6) is 1.07. The standard InChI is InChI=1S/C19H36F3N5O/c1-5-26(15-19(20,21)22)12-16-6-9-27(13-16)17(23-2)24-14-18(25(3)4)7-10-28-11-8-18/h16H,5-15H2,1-4H3,(H,23,24). The minimum atomic E-state index is -4.14. The van der Waals surface area contributed by atoms with E-state index in [-0.39, 0.29) is 11.5 Å². The Morgan fingerprint density at radius 1 is 1.29 bits per heavy atom. The molecule has 9 heteroatoms. The predicted molar refractivity (Wildman–Crippen MR) is 106 cm³/mol. The Hall–Kier alpha value is -1.06. The van der Waals surface area contributed by atoms with Gasteiger partial charge in [-0.15, -0.1) is 0 Å². The molecule has 2 rings (SSSR count). The van der Waals surface area contributed by atoms with Gasteiger partial charge in [0.05, 0.1) is 6.54 Å². The molecule has 2 aliphatic rings. The van der Waals surface area contributed by atoms with Gasteiger partial charge in [0, 0.05) is 52.0 Å². The van der Waals surface area contributed by atoms with Crippen LogP contribution in [-0.2, 0) is 4.74 Å². The second-order valence-corrected chi connectivity index (χ2v) is 8.18. The highest BCUT2D eigenvalue weighted by Gasteiger charge is 2.36. The van der Waals surface area contributed by atoms with Gasteiger partial charge in [-0.3, -0.25) is 9.89 Å². The third-order valence-electron chi connectivity index (χ3n) is 6.11. The zero-order chi connectivity index (χ0) is 20.8. The molecule has 0 radical (unpaired) electrons. The van der Waals surface area contributed by atoms with Crippen LogP contribution in [0.25, 0.3) is 0 Å². The number of nitrogens with zero attached hydrogens (tertiary/aromatic N) is 4. The van der Waals surface area contributed by atoms with Crippen LogP contribution >= 0.6 is 0 Å². The molecule has 0 aromatic carbocycles. The van der Waals surface area contributed by atoms with E-state index in [0.717, 1.165) is 58.1 Å². The van der Waals surface area contributed by atoms with E-state index in [9.17, 15) is 13.2 Å². The summed E-state index contributed by atoms with van der Waals surface area (Å²) in [6.45, 7) is 5.71. The fourth-order valence-electron chi connectivity index (χ4n) is 4.21. The van der Waals surface area contributed by atoms with E-state index in [1.165, 1.54) is 4.90 Å². The Kier molecular flexibility index (Phi) is 8.39. The van der Waals surface area contributed by atoms with E-state index in [4.69, 9.17) is 4.74 Å². The molecule has 2 fully saturated rings. The van der Waals surface area contributed by atoms with Gasteiger partial charge in [-0.2, -0.15) is 13.2 Å². The van der Waals surface area contributed by atoms with E-state index in [2.05, 4.69) is 34.2 Å². The highest BCUT2D eigenvalue weighted by atomic mass is 19.4. The van der Waals surface area contributed by atoms with Crippen molar-refractivity contribution in [3.8, 4) is 0 Å². The molecule has 164 valence electrons. The van der Waals surface area contributed by atoms with Gasteiger partial charge < -0.3 is 19.9 Å². The minimum Gasteiger partial charge on any atom is -0.381 e. The molecule has 1 unspecified atom stereocenters. The number of hydrogen-bond donors (Lipinski definition) is 1. The van der Waals surface area contributed by atoms with E-state index in [1.54, 1.807) is 14.0 Å². The molecule has 0 saturated carbocycles. The second-order valence-electron chi connectivity index (χ2n) is 8.18. The third kappa shape index (κ3) is 6.49. The molecular formula is C19H36F3N5O. The zero-order valence-corrected chi connectivity index (χ0v) is 17.7. The molecular weight excluding hydrogens is 371 g/mol. The van der Waals surface area contributed by atoms with Gasteiger partial charge in [0.2, 0.25) is 0 Å². The van der Waals surface area contributed by atoms with Crippen LogP contribution in [0.1, 0.15) is 26.2 Å². The first-order chi connectivity index (χ1) is 13.2. The summed E-state index contributed by atoms with van der Waals surface area (Å²) >= 11 is 0. The van der Waals surface area contributed by atoms with Crippen molar-refractivity contribution in [3.63, 3.8) is 0 Å². The molecule has 28 heavy (non-hydrogen) atoms. The molecule has 0 aromatic heterocycles. The van der Waals surface area contributed by atoms with Gasteiger partial charge in [0.1, 0.15) is 0 Å². The monoisotopic (exact) mass is 407 g/mol. The van der Waals surface area contributed by atoms with Gasteiger partial charge in [-0.25, -0.2) is 0 Å². The SMILES string of the molecule is CCN(CC1CCN(C(=NC)NCC2(N(C)C)CCOCC2)C1)CC(F)(F)F. The molecule has 2 heterocycles. The quantitative estimate of drug-likeness (QED) is 0.516. The average molecular weight is 408 g/mol. The third-order valence-corrected chi connectivity index (χ3v) is 6.11. The molecule has 0 spiro atoms. The van der Waals surface area contributed by atoms with Crippen LogP contribution in [0.4, 0.5) is 13.2 Å². The van der Waals surface area contributed by atoms with Crippen LogP contribution in [0.5, 0.6) is 0 Å². The lowest BCUT2D eigenvalue weighted by atomic mass is 9.88.